The molecule has 1 aliphatic heterocycles. The van der Waals surface area contributed by atoms with Gasteiger partial charge < -0.3 is 9.84 Å². The molecule has 0 saturated carbocycles. The number of halogens is 3. The van der Waals surface area contributed by atoms with E-state index in [1.54, 1.807) is 18.2 Å². The number of hydrogen-bond donors (Lipinski definition) is 1. The summed E-state index contributed by atoms with van der Waals surface area (Å²) in [6.45, 7) is -0.529. The summed E-state index contributed by atoms with van der Waals surface area (Å²) in [5.74, 6) is -0.663. The molecule has 1 aromatic rings. The van der Waals surface area contributed by atoms with E-state index in [-0.39, 0.29) is 12.2 Å². The van der Waals surface area contributed by atoms with Gasteiger partial charge in [-0.1, -0.05) is 18.2 Å². The number of fused-ring (bicyclic) bond motifs is 1. The van der Waals surface area contributed by atoms with Gasteiger partial charge in [0.05, 0.1) is 6.61 Å². The average molecular weight is 232 g/mol. The lowest BCUT2D eigenvalue weighted by molar-refractivity contribution is -0.216. The van der Waals surface area contributed by atoms with Crippen LogP contribution in [0.25, 0.3) is 0 Å². The second-order valence-electron chi connectivity index (χ2n) is 3.83. The van der Waals surface area contributed by atoms with Crippen molar-refractivity contribution in [1.29, 1.82) is 0 Å². The maximum Gasteiger partial charge on any atom is 0.425 e. The Bertz CT molecular complexity index is 376. The molecule has 0 bridgehead atoms. The molecular formula is C11H11F3O2. The van der Waals surface area contributed by atoms with Crippen LogP contribution in [-0.4, -0.2) is 24.0 Å². The lowest BCUT2D eigenvalue weighted by Gasteiger charge is -2.33. The molecule has 0 unspecified atom stereocenters. The fraction of sp³-hybridized carbons (Fsp3) is 0.455. The van der Waals surface area contributed by atoms with Crippen LogP contribution in [0.2, 0.25) is 0 Å². The van der Waals surface area contributed by atoms with Crippen molar-refractivity contribution in [3.63, 3.8) is 0 Å². The summed E-state index contributed by atoms with van der Waals surface area (Å²) >= 11 is 0. The summed E-state index contributed by atoms with van der Waals surface area (Å²) < 4.78 is 42.8. The van der Waals surface area contributed by atoms with E-state index in [1.165, 1.54) is 6.07 Å². The molecule has 1 N–H and O–H groups in total. The minimum Gasteiger partial charge on any atom is -0.480 e. The largest absolute Gasteiger partial charge is 0.480 e. The Morgan fingerprint density at radius 3 is 2.62 bits per heavy atom. The molecule has 5 heteroatoms. The third-order valence-corrected chi connectivity index (χ3v) is 2.69. The predicted molar refractivity (Wildman–Crippen MR) is 51.2 cm³/mol. The number of hydrogen-bond acceptors (Lipinski definition) is 2. The van der Waals surface area contributed by atoms with Crippen LogP contribution in [0.5, 0.6) is 5.75 Å². The Hall–Kier alpha value is -1.23. The number of alkyl halides is 3. The van der Waals surface area contributed by atoms with Gasteiger partial charge in [-0.15, -0.1) is 0 Å². The van der Waals surface area contributed by atoms with Gasteiger partial charge in [0.15, 0.2) is 6.10 Å². The predicted octanol–water partition coefficient (Wildman–Crippen LogP) is 2.16. The second kappa shape index (κ2) is 3.97. The summed E-state index contributed by atoms with van der Waals surface area (Å²) in [5.41, 5.74) is 0.710. The molecule has 0 amide bonds. The number of ether oxygens (including phenoxy) is 1. The molecule has 0 aliphatic carbocycles. The molecule has 1 heterocycles. The van der Waals surface area contributed by atoms with Gasteiger partial charge in [-0.2, -0.15) is 13.2 Å². The van der Waals surface area contributed by atoms with Gasteiger partial charge in [0.2, 0.25) is 0 Å². The minimum absolute atomic E-state index is 0.191. The van der Waals surface area contributed by atoms with E-state index in [2.05, 4.69) is 0 Å². The third kappa shape index (κ3) is 2.00. The Labute approximate surface area is 90.7 Å². The third-order valence-electron chi connectivity index (χ3n) is 2.69. The average Bonchev–Trinajstić information content (AvgIpc) is 2.26. The Morgan fingerprint density at radius 2 is 2.00 bits per heavy atom. The van der Waals surface area contributed by atoms with Crippen LogP contribution in [0, 0.1) is 5.92 Å². The molecule has 88 valence electrons. The van der Waals surface area contributed by atoms with Crippen molar-refractivity contribution in [2.75, 3.05) is 6.61 Å². The van der Waals surface area contributed by atoms with Crippen LogP contribution >= 0.6 is 0 Å². The summed E-state index contributed by atoms with van der Waals surface area (Å²) in [6, 6.07) is 6.60. The summed E-state index contributed by atoms with van der Waals surface area (Å²) in [5, 5.41) is 8.97. The first-order chi connectivity index (χ1) is 7.52. The first kappa shape index (κ1) is 11.3. The fourth-order valence-electron chi connectivity index (χ4n) is 1.90. The van der Waals surface area contributed by atoms with Gasteiger partial charge in [0.1, 0.15) is 5.75 Å². The van der Waals surface area contributed by atoms with E-state index in [0.717, 1.165) is 0 Å². The molecule has 1 aliphatic rings. The normalized spacial score (nSPS) is 24.8. The highest BCUT2D eigenvalue weighted by Gasteiger charge is 2.48. The molecule has 0 aromatic heterocycles. The monoisotopic (exact) mass is 232 g/mol. The maximum absolute atomic E-state index is 12.6. The van der Waals surface area contributed by atoms with Crippen molar-refractivity contribution >= 4 is 0 Å². The molecule has 2 atom stereocenters. The molecule has 0 fully saturated rings. The van der Waals surface area contributed by atoms with E-state index >= 15 is 0 Å². The first-order valence-corrected chi connectivity index (χ1v) is 4.94. The zero-order valence-electron chi connectivity index (χ0n) is 8.37. The van der Waals surface area contributed by atoms with Gasteiger partial charge >= 0.3 is 6.18 Å². The smallest absolute Gasteiger partial charge is 0.425 e. The second-order valence-corrected chi connectivity index (χ2v) is 3.83. The van der Waals surface area contributed by atoms with Crippen molar-refractivity contribution < 1.29 is 23.0 Å². The molecule has 2 nitrogen and oxygen atoms in total. The number of rotatable bonds is 1. The lowest BCUT2D eigenvalue weighted by atomic mass is 9.91. The maximum atomic E-state index is 12.6. The van der Waals surface area contributed by atoms with Crippen LogP contribution in [0.15, 0.2) is 24.3 Å². The Balaban J connectivity index is 2.31. The number of aliphatic hydroxyl groups is 1. The van der Waals surface area contributed by atoms with E-state index in [4.69, 9.17) is 9.84 Å². The van der Waals surface area contributed by atoms with Gasteiger partial charge in [0, 0.05) is 5.92 Å². The number of benzene rings is 1. The zero-order valence-corrected chi connectivity index (χ0v) is 8.37. The molecular weight excluding hydrogens is 221 g/mol. The summed E-state index contributed by atoms with van der Waals surface area (Å²) in [7, 11) is 0. The van der Waals surface area contributed by atoms with Crippen LogP contribution < -0.4 is 4.74 Å². The molecule has 0 radical (unpaired) electrons. The SMILES string of the molecule is OC[C@@H]1Cc2ccccc2O[C@H]1C(F)(F)F. The van der Waals surface area contributed by atoms with E-state index in [9.17, 15) is 13.2 Å². The van der Waals surface area contributed by atoms with Gasteiger partial charge in [-0.3, -0.25) is 0 Å². The quantitative estimate of drug-likeness (QED) is 0.804. The summed E-state index contributed by atoms with van der Waals surface area (Å²) in [4.78, 5) is 0. The highest BCUT2D eigenvalue weighted by molar-refractivity contribution is 5.36. The van der Waals surface area contributed by atoms with E-state index in [1.807, 2.05) is 0 Å². The Kier molecular flexibility index (Phi) is 2.80. The summed E-state index contributed by atoms with van der Waals surface area (Å²) in [6.07, 6.45) is -6.16. The van der Waals surface area contributed by atoms with Crippen molar-refractivity contribution in [2.24, 2.45) is 5.92 Å². The van der Waals surface area contributed by atoms with E-state index < -0.39 is 24.8 Å². The number of aliphatic hydroxyl groups excluding tert-OH is 1. The van der Waals surface area contributed by atoms with Crippen molar-refractivity contribution in [1.82, 2.24) is 0 Å². The van der Waals surface area contributed by atoms with Crippen molar-refractivity contribution in [3.8, 4) is 5.75 Å². The minimum atomic E-state index is -4.44. The van der Waals surface area contributed by atoms with Crippen LogP contribution in [0.3, 0.4) is 0 Å². The van der Waals surface area contributed by atoms with Crippen LogP contribution in [-0.2, 0) is 6.42 Å². The number of para-hydroxylation sites is 1. The lowest BCUT2D eigenvalue weighted by Crippen LogP contribution is -2.45. The topological polar surface area (TPSA) is 29.5 Å². The molecule has 2 rings (SSSR count). The van der Waals surface area contributed by atoms with Crippen molar-refractivity contribution in [3.05, 3.63) is 29.8 Å². The fourth-order valence-corrected chi connectivity index (χ4v) is 1.90. The van der Waals surface area contributed by atoms with E-state index in [0.29, 0.717) is 5.56 Å². The molecule has 0 saturated heterocycles. The highest BCUT2D eigenvalue weighted by Crippen LogP contribution is 2.37. The highest BCUT2D eigenvalue weighted by atomic mass is 19.4. The zero-order chi connectivity index (χ0) is 11.8. The Morgan fingerprint density at radius 1 is 1.31 bits per heavy atom. The van der Waals surface area contributed by atoms with Crippen LogP contribution in [0.1, 0.15) is 5.56 Å². The molecule has 0 spiro atoms. The standard InChI is InChI=1S/C11H11F3O2/c12-11(13,14)10-8(6-15)5-7-3-1-2-4-9(7)16-10/h1-4,8,10,15H,5-6H2/t8-,10+/m0/s1. The molecule has 1 aromatic carbocycles. The molecule has 16 heavy (non-hydrogen) atoms. The van der Waals surface area contributed by atoms with Crippen molar-refractivity contribution in [2.45, 2.75) is 18.7 Å². The van der Waals surface area contributed by atoms with Gasteiger partial charge in [-0.05, 0) is 18.1 Å². The first-order valence-electron chi connectivity index (χ1n) is 4.94. The van der Waals surface area contributed by atoms with Gasteiger partial charge in [0.25, 0.3) is 0 Å². The van der Waals surface area contributed by atoms with Crippen LogP contribution in [0.4, 0.5) is 13.2 Å². The van der Waals surface area contributed by atoms with Gasteiger partial charge in [-0.25, -0.2) is 0 Å².